The van der Waals surface area contributed by atoms with Crippen LogP contribution in [-0.2, 0) is 0 Å². The molecule has 0 atom stereocenters. The standard InChI is InChI=1S/C10H23N3/c1-6-7-10(4,5)13-9(11)12-8(2)3/h8H,6-7H2,1-5H3,(H3,11,12,13). The van der Waals surface area contributed by atoms with Gasteiger partial charge >= 0.3 is 0 Å². The molecule has 0 radical (unpaired) electrons. The number of nitrogens with zero attached hydrogens (tertiary/aromatic N) is 1. The van der Waals surface area contributed by atoms with Crippen LogP contribution >= 0.6 is 0 Å². The van der Waals surface area contributed by atoms with Crippen LogP contribution in [0.15, 0.2) is 4.99 Å². The summed E-state index contributed by atoms with van der Waals surface area (Å²) in [6.07, 6.45) is 2.25. The minimum absolute atomic E-state index is 0.0528. The summed E-state index contributed by atoms with van der Waals surface area (Å²) in [6.45, 7) is 10.5. The second-order valence-corrected chi connectivity index (χ2v) is 4.37. The van der Waals surface area contributed by atoms with Gasteiger partial charge in [0.1, 0.15) is 0 Å². The zero-order valence-corrected chi connectivity index (χ0v) is 9.52. The number of guanidine groups is 1. The zero-order chi connectivity index (χ0) is 10.5. The SMILES string of the molecule is CCCC(C)(C)NC(N)=NC(C)C. The molecule has 0 aromatic rings. The molecule has 0 aromatic heterocycles. The highest BCUT2D eigenvalue weighted by Gasteiger charge is 2.16. The second kappa shape index (κ2) is 5.10. The highest BCUT2D eigenvalue weighted by molar-refractivity contribution is 5.78. The van der Waals surface area contributed by atoms with Gasteiger partial charge in [-0.25, -0.2) is 0 Å². The lowest BCUT2D eigenvalue weighted by Gasteiger charge is -2.26. The maximum absolute atomic E-state index is 5.73. The van der Waals surface area contributed by atoms with Crippen molar-refractivity contribution in [2.45, 2.75) is 59.0 Å². The van der Waals surface area contributed by atoms with Gasteiger partial charge < -0.3 is 11.1 Å². The van der Waals surface area contributed by atoms with Crippen LogP contribution in [0.5, 0.6) is 0 Å². The highest BCUT2D eigenvalue weighted by Crippen LogP contribution is 2.09. The van der Waals surface area contributed by atoms with E-state index in [9.17, 15) is 0 Å². The van der Waals surface area contributed by atoms with Gasteiger partial charge in [0.2, 0.25) is 0 Å². The van der Waals surface area contributed by atoms with Crippen LogP contribution < -0.4 is 11.1 Å². The first kappa shape index (κ1) is 12.3. The molecule has 0 unspecified atom stereocenters. The van der Waals surface area contributed by atoms with Crippen molar-refractivity contribution in [2.75, 3.05) is 0 Å². The Morgan fingerprint density at radius 3 is 2.38 bits per heavy atom. The molecule has 0 aliphatic heterocycles. The summed E-state index contributed by atoms with van der Waals surface area (Å²) in [5.74, 6) is 0.549. The Labute approximate surface area is 81.8 Å². The Morgan fingerprint density at radius 2 is 2.00 bits per heavy atom. The van der Waals surface area contributed by atoms with Crippen LogP contribution in [0.4, 0.5) is 0 Å². The van der Waals surface area contributed by atoms with Gasteiger partial charge in [0.05, 0.1) is 0 Å². The van der Waals surface area contributed by atoms with Crippen LogP contribution in [0, 0.1) is 0 Å². The topological polar surface area (TPSA) is 50.4 Å². The van der Waals surface area contributed by atoms with Crippen LogP contribution in [-0.4, -0.2) is 17.5 Å². The molecule has 0 aliphatic carbocycles. The third kappa shape index (κ3) is 6.43. The normalized spacial score (nSPS) is 13.5. The van der Waals surface area contributed by atoms with Crippen molar-refractivity contribution in [3.63, 3.8) is 0 Å². The van der Waals surface area contributed by atoms with Crippen LogP contribution in [0.1, 0.15) is 47.5 Å². The lowest BCUT2D eigenvalue weighted by Crippen LogP contribution is -2.47. The summed E-state index contributed by atoms with van der Waals surface area (Å²) in [5.41, 5.74) is 5.78. The Morgan fingerprint density at radius 1 is 1.46 bits per heavy atom. The molecule has 3 heteroatoms. The van der Waals surface area contributed by atoms with E-state index in [1.54, 1.807) is 0 Å². The van der Waals surface area contributed by atoms with E-state index in [0.29, 0.717) is 5.96 Å². The van der Waals surface area contributed by atoms with Crippen molar-refractivity contribution < 1.29 is 0 Å². The average Bonchev–Trinajstić information content (AvgIpc) is 1.81. The summed E-state index contributed by atoms with van der Waals surface area (Å²) < 4.78 is 0. The first-order valence-electron chi connectivity index (χ1n) is 4.99. The van der Waals surface area contributed by atoms with Gasteiger partial charge in [0, 0.05) is 11.6 Å². The minimum atomic E-state index is 0.0528. The van der Waals surface area contributed by atoms with Crippen molar-refractivity contribution in [3.05, 3.63) is 0 Å². The maximum Gasteiger partial charge on any atom is 0.189 e. The number of nitrogens with one attached hydrogen (secondary N) is 1. The predicted molar refractivity (Wildman–Crippen MR) is 58.9 cm³/mol. The Kier molecular flexibility index (Phi) is 4.81. The van der Waals surface area contributed by atoms with Gasteiger partial charge in [-0.1, -0.05) is 13.3 Å². The highest BCUT2D eigenvalue weighted by atomic mass is 15.1. The first-order valence-corrected chi connectivity index (χ1v) is 4.99. The average molecular weight is 185 g/mol. The number of nitrogens with two attached hydrogens (primary N) is 1. The third-order valence-corrected chi connectivity index (χ3v) is 1.74. The molecule has 78 valence electrons. The molecule has 0 saturated heterocycles. The van der Waals surface area contributed by atoms with E-state index in [1.165, 1.54) is 0 Å². The molecule has 0 amide bonds. The number of aliphatic imine (C=N–C) groups is 1. The van der Waals surface area contributed by atoms with E-state index >= 15 is 0 Å². The summed E-state index contributed by atoms with van der Waals surface area (Å²) in [7, 11) is 0. The smallest absolute Gasteiger partial charge is 0.189 e. The van der Waals surface area contributed by atoms with Gasteiger partial charge in [-0.15, -0.1) is 0 Å². The lowest BCUT2D eigenvalue weighted by molar-refractivity contribution is 0.418. The molecular weight excluding hydrogens is 162 g/mol. The third-order valence-electron chi connectivity index (χ3n) is 1.74. The van der Waals surface area contributed by atoms with Crippen molar-refractivity contribution in [2.24, 2.45) is 10.7 Å². The van der Waals surface area contributed by atoms with E-state index in [2.05, 4.69) is 31.1 Å². The number of rotatable bonds is 4. The maximum atomic E-state index is 5.73. The van der Waals surface area contributed by atoms with Gasteiger partial charge in [-0.3, -0.25) is 4.99 Å². The largest absolute Gasteiger partial charge is 0.370 e. The lowest BCUT2D eigenvalue weighted by atomic mass is 9.99. The quantitative estimate of drug-likeness (QED) is 0.519. The van der Waals surface area contributed by atoms with E-state index < -0.39 is 0 Å². The number of hydrogen-bond acceptors (Lipinski definition) is 1. The Bertz CT molecular complexity index is 171. The molecule has 3 N–H and O–H groups in total. The van der Waals surface area contributed by atoms with E-state index in [-0.39, 0.29) is 11.6 Å². The first-order chi connectivity index (χ1) is 5.87. The summed E-state index contributed by atoms with van der Waals surface area (Å²) in [5, 5.41) is 3.22. The molecule has 13 heavy (non-hydrogen) atoms. The van der Waals surface area contributed by atoms with Crippen LogP contribution in [0.2, 0.25) is 0 Å². The fraction of sp³-hybridized carbons (Fsp3) is 0.900. The van der Waals surface area contributed by atoms with Crippen molar-refractivity contribution in [1.82, 2.24) is 5.32 Å². The molecule has 0 rings (SSSR count). The van der Waals surface area contributed by atoms with E-state index in [1.807, 2.05) is 13.8 Å². The molecule has 0 aromatic carbocycles. The molecular formula is C10H23N3. The second-order valence-electron chi connectivity index (χ2n) is 4.37. The summed E-state index contributed by atoms with van der Waals surface area (Å²) in [6, 6.07) is 0.255. The molecule has 0 heterocycles. The van der Waals surface area contributed by atoms with E-state index in [4.69, 9.17) is 5.73 Å². The fourth-order valence-corrected chi connectivity index (χ4v) is 1.34. The van der Waals surface area contributed by atoms with E-state index in [0.717, 1.165) is 12.8 Å². The van der Waals surface area contributed by atoms with Gasteiger partial charge in [-0.2, -0.15) is 0 Å². The molecule has 0 bridgehead atoms. The van der Waals surface area contributed by atoms with Crippen LogP contribution in [0.25, 0.3) is 0 Å². The van der Waals surface area contributed by atoms with Gasteiger partial charge in [0.25, 0.3) is 0 Å². The van der Waals surface area contributed by atoms with Crippen LogP contribution in [0.3, 0.4) is 0 Å². The molecule has 0 fully saturated rings. The number of hydrogen-bond donors (Lipinski definition) is 2. The summed E-state index contributed by atoms with van der Waals surface area (Å²) in [4.78, 5) is 4.23. The van der Waals surface area contributed by atoms with Crippen molar-refractivity contribution in [1.29, 1.82) is 0 Å². The predicted octanol–water partition coefficient (Wildman–Crippen LogP) is 1.88. The Hall–Kier alpha value is -0.730. The zero-order valence-electron chi connectivity index (χ0n) is 9.52. The Balaban J connectivity index is 4.10. The van der Waals surface area contributed by atoms with Gasteiger partial charge in [-0.05, 0) is 34.1 Å². The molecule has 0 spiro atoms. The van der Waals surface area contributed by atoms with Gasteiger partial charge in [0.15, 0.2) is 5.96 Å². The van der Waals surface area contributed by atoms with Crippen molar-refractivity contribution >= 4 is 5.96 Å². The molecule has 0 aliphatic rings. The monoisotopic (exact) mass is 185 g/mol. The summed E-state index contributed by atoms with van der Waals surface area (Å²) >= 11 is 0. The van der Waals surface area contributed by atoms with Crippen molar-refractivity contribution in [3.8, 4) is 0 Å². The minimum Gasteiger partial charge on any atom is -0.370 e. The molecule has 0 saturated carbocycles. The fourth-order valence-electron chi connectivity index (χ4n) is 1.34. The molecule has 3 nitrogen and oxygen atoms in total.